The average Bonchev–Trinajstić information content (AvgIpc) is 2.28. The van der Waals surface area contributed by atoms with Crippen molar-refractivity contribution in [3.05, 3.63) is 34.6 Å². The highest BCUT2D eigenvalue weighted by atomic mass is 35.5. The van der Waals surface area contributed by atoms with E-state index in [1.54, 1.807) is 12.1 Å². The second-order valence-electron chi connectivity index (χ2n) is 4.62. The van der Waals surface area contributed by atoms with Gasteiger partial charge in [0.15, 0.2) is 0 Å². The third kappa shape index (κ3) is 4.62. The van der Waals surface area contributed by atoms with Crippen LogP contribution in [-0.4, -0.2) is 13.1 Å². The Morgan fingerprint density at radius 3 is 2.65 bits per heavy atom. The van der Waals surface area contributed by atoms with E-state index in [4.69, 9.17) is 17.3 Å². The van der Waals surface area contributed by atoms with Crippen molar-refractivity contribution in [1.82, 2.24) is 5.32 Å². The van der Waals surface area contributed by atoms with Crippen LogP contribution in [0.1, 0.15) is 19.4 Å². The molecule has 1 unspecified atom stereocenters. The van der Waals surface area contributed by atoms with Crippen LogP contribution in [0.4, 0.5) is 4.39 Å². The summed E-state index contributed by atoms with van der Waals surface area (Å²) >= 11 is 5.71. The summed E-state index contributed by atoms with van der Waals surface area (Å²) < 4.78 is 12.9. The Morgan fingerprint density at radius 2 is 2.12 bits per heavy atom. The van der Waals surface area contributed by atoms with Crippen molar-refractivity contribution in [1.29, 1.82) is 0 Å². The van der Waals surface area contributed by atoms with Gasteiger partial charge in [-0.1, -0.05) is 31.5 Å². The number of hydrogen-bond donors (Lipinski definition) is 2. The first-order valence-corrected chi connectivity index (χ1v) is 6.27. The molecule has 0 aliphatic heterocycles. The Kier molecular flexibility index (Phi) is 5.89. The topological polar surface area (TPSA) is 38.0 Å². The van der Waals surface area contributed by atoms with Crippen molar-refractivity contribution in [2.45, 2.75) is 20.4 Å². The van der Waals surface area contributed by atoms with Crippen molar-refractivity contribution in [3.8, 4) is 0 Å². The minimum atomic E-state index is -0.377. The molecule has 1 aromatic rings. The zero-order chi connectivity index (χ0) is 12.8. The van der Waals surface area contributed by atoms with Gasteiger partial charge in [0.1, 0.15) is 5.82 Å². The number of benzene rings is 1. The molecular formula is C13H20ClFN2. The summed E-state index contributed by atoms with van der Waals surface area (Å²) in [6.45, 7) is 6.54. The van der Waals surface area contributed by atoms with E-state index in [0.29, 0.717) is 24.9 Å². The third-order valence-corrected chi connectivity index (χ3v) is 3.25. The normalized spacial score (nSPS) is 13.1. The minimum absolute atomic E-state index is 0.170. The van der Waals surface area contributed by atoms with E-state index in [2.05, 4.69) is 19.2 Å². The maximum absolute atomic E-state index is 12.9. The molecule has 0 aromatic heterocycles. The maximum atomic E-state index is 12.9. The van der Waals surface area contributed by atoms with Crippen LogP contribution < -0.4 is 11.1 Å². The predicted octanol–water partition coefficient (Wildman–Crippen LogP) is 2.80. The molecule has 17 heavy (non-hydrogen) atoms. The lowest BCUT2D eigenvalue weighted by atomic mass is 9.96. The van der Waals surface area contributed by atoms with Gasteiger partial charge in [0.2, 0.25) is 0 Å². The lowest BCUT2D eigenvalue weighted by molar-refractivity contribution is 0.370. The van der Waals surface area contributed by atoms with Crippen LogP contribution in [0.5, 0.6) is 0 Å². The standard InChI is InChI=1S/C13H20ClFN2/c1-9(2)11(6-16)8-17-7-10-3-4-13(15)12(14)5-10/h3-5,9,11,17H,6-8,16H2,1-2H3. The summed E-state index contributed by atoms with van der Waals surface area (Å²) in [4.78, 5) is 0. The van der Waals surface area contributed by atoms with Crippen molar-refractivity contribution in [2.75, 3.05) is 13.1 Å². The molecule has 0 spiro atoms. The van der Waals surface area contributed by atoms with Crippen LogP contribution in [-0.2, 0) is 6.54 Å². The Labute approximate surface area is 107 Å². The first-order chi connectivity index (χ1) is 8.04. The average molecular weight is 259 g/mol. The Bertz CT molecular complexity index is 355. The van der Waals surface area contributed by atoms with E-state index in [9.17, 15) is 4.39 Å². The molecule has 0 saturated heterocycles. The van der Waals surface area contributed by atoms with E-state index in [1.165, 1.54) is 6.07 Å². The van der Waals surface area contributed by atoms with Crippen LogP contribution in [0.2, 0.25) is 5.02 Å². The van der Waals surface area contributed by atoms with Crippen molar-refractivity contribution < 1.29 is 4.39 Å². The molecule has 1 rings (SSSR count). The molecule has 0 fully saturated rings. The van der Waals surface area contributed by atoms with Gasteiger partial charge in [-0.15, -0.1) is 0 Å². The third-order valence-electron chi connectivity index (χ3n) is 2.97. The fourth-order valence-corrected chi connectivity index (χ4v) is 1.85. The van der Waals surface area contributed by atoms with E-state index in [1.807, 2.05) is 0 Å². The molecule has 4 heteroatoms. The number of hydrogen-bond acceptors (Lipinski definition) is 2. The number of halogens is 2. The summed E-state index contributed by atoms with van der Waals surface area (Å²) in [6, 6.07) is 4.78. The lowest BCUT2D eigenvalue weighted by Gasteiger charge is -2.19. The highest BCUT2D eigenvalue weighted by molar-refractivity contribution is 6.30. The van der Waals surface area contributed by atoms with Gasteiger partial charge in [-0.05, 0) is 42.6 Å². The first-order valence-electron chi connectivity index (χ1n) is 5.89. The van der Waals surface area contributed by atoms with Gasteiger partial charge >= 0.3 is 0 Å². The summed E-state index contributed by atoms with van der Waals surface area (Å²) in [5.74, 6) is 0.646. The van der Waals surface area contributed by atoms with Crippen LogP contribution in [0.3, 0.4) is 0 Å². The molecule has 3 N–H and O–H groups in total. The fraction of sp³-hybridized carbons (Fsp3) is 0.538. The Balaban J connectivity index is 2.42. The van der Waals surface area contributed by atoms with Gasteiger partial charge in [-0.3, -0.25) is 0 Å². The summed E-state index contributed by atoms with van der Waals surface area (Å²) in [5, 5.41) is 3.49. The van der Waals surface area contributed by atoms with Gasteiger partial charge in [0.05, 0.1) is 5.02 Å². The molecule has 0 saturated carbocycles. The summed E-state index contributed by atoms with van der Waals surface area (Å²) in [6.07, 6.45) is 0. The number of nitrogens with one attached hydrogen (secondary N) is 1. The van der Waals surface area contributed by atoms with Crippen LogP contribution in [0, 0.1) is 17.7 Å². The van der Waals surface area contributed by atoms with Crippen molar-refractivity contribution in [3.63, 3.8) is 0 Å². The molecule has 0 aliphatic rings. The van der Waals surface area contributed by atoms with Gasteiger partial charge in [0.25, 0.3) is 0 Å². The molecule has 0 heterocycles. The van der Waals surface area contributed by atoms with Crippen LogP contribution in [0.25, 0.3) is 0 Å². The van der Waals surface area contributed by atoms with Gasteiger partial charge in [0, 0.05) is 6.54 Å². The fourth-order valence-electron chi connectivity index (χ4n) is 1.64. The van der Waals surface area contributed by atoms with Gasteiger partial charge in [-0.25, -0.2) is 4.39 Å². The monoisotopic (exact) mass is 258 g/mol. The maximum Gasteiger partial charge on any atom is 0.141 e. The highest BCUT2D eigenvalue weighted by Crippen LogP contribution is 2.16. The second kappa shape index (κ2) is 6.94. The van der Waals surface area contributed by atoms with E-state index in [-0.39, 0.29) is 10.8 Å². The summed E-state index contributed by atoms with van der Waals surface area (Å²) in [7, 11) is 0. The zero-order valence-corrected chi connectivity index (χ0v) is 11.1. The molecule has 2 nitrogen and oxygen atoms in total. The first kappa shape index (κ1) is 14.4. The van der Waals surface area contributed by atoms with E-state index in [0.717, 1.165) is 12.1 Å². The van der Waals surface area contributed by atoms with Crippen molar-refractivity contribution in [2.24, 2.45) is 17.6 Å². The number of nitrogens with two attached hydrogens (primary N) is 1. The lowest BCUT2D eigenvalue weighted by Crippen LogP contribution is -2.31. The van der Waals surface area contributed by atoms with Crippen LogP contribution in [0.15, 0.2) is 18.2 Å². The van der Waals surface area contributed by atoms with Crippen molar-refractivity contribution >= 4 is 11.6 Å². The largest absolute Gasteiger partial charge is 0.330 e. The van der Waals surface area contributed by atoms with E-state index < -0.39 is 0 Å². The van der Waals surface area contributed by atoms with E-state index >= 15 is 0 Å². The Hall–Kier alpha value is -0.640. The molecule has 1 aromatic carbocycles. The van der Waals surface area contributed by atoms with Crippen LogP contribution >= 0.6 is 11.6 Å². The predicted molar refractivity (Wildman–Crippen MR) is 70.5 cm³/mol. The zero-order valence-electron chi connectivity index (χ0n) is 10.3. The summed E-state index contributed by atoms with van der Waals surface area (Å²) in [5.41, 5.74) is 6.67. The van der Waals surface area contributed by atoms with Gasteiger partial charge in [-0.2, -0.15) is 0 Å². The molecule has 1 atom stereocenters. The molecule has 0 bridgehead atoms. The number of rotatable bonds is 6. The quantitative estimate of drug-likeness (QED) is 0.824. The molecule has 0 aliphatic carbocycles. The SMILES string of the molecule is CC(C)C(CN)CNCc1ccc(F)c(Cl)c1. The highest BCUT2D eigenvalue weighted by Gasteiger charge is 2.10. The smallest absolute Gasteiger partial charge is 0.141 e. The van der Waals surface area contributed by atoms with Gasteiger partial charge < -0.3 is 11.1 Å². The molecule has 0 amide bonds. The second-order valence-corrected chi connectivity index (χ2v) is 5.03. The molecule has 0 radical (unpaired) electrons. The molecule has 96 valence electrons. The minimum Gasteiger partial charge on any atom is -0.330 e. The Morgan fingerprint density at radius 1 is 1.41 bits per heavy atom. The molecular weight excluding hydrogens is 239 g/mol.